The van der Waals surface area contributed by atoms with Crippen molar-refractivity contribution in [2.45, 2.75) is 30.6 Å². The quantitative estimate of drug-likeness (QED) is 0.0880. The second kappa shape index (κ2) is 10.5. The van der Waals surface area contributed by atoms with Gasteiger partial charge in [-0.15, -0.1) is 0 Å². The van der Waals surface area contributed by atoms with E-state index in [1.807, 2.05) is 10.6 Å². The van der Waals surface area contributed by atoms with Gasteiger partial charge in [0, 0.05) is 12.2 Å². The minimum atomic E-state index is -4.64. The first-order valence-electron chi connectivity index (χ1n) is 10.7. The molecule has 1 aromatic carbocycles. The van der Waals surface area contributed by atoms with E-state index in [-0.39, 0.29) is 58.0 Å². The fourth-order valence-corrected chi connectivity index (χ4v) is 6.40. The van der Waals surface area contributed by atoms with Crippen LogP contribution < -0.4 is 29.5 Å². The van der Waals surface area contributed by atoms with E-state index in [4.69, 9.17) is 0 Å². The molecule has 4 rings (SSSR count). The van der Waals surface area contributed by atoms with Crippen molar-refractivity contribution >= 4 is 66.3 Å². The predicted molar refractivity (Wildman–Crippen MR) is 122 cm³/mol. The van der Waals surface area contributed by atoms with E-state index in [9.17, 15) is 50.2 Å². The Morgan fingerprint density at radius 2 is 1.21 bits per heavy atom. The zero-order valence-corrected chi connectivity index (χ0v) is 21.4. The maximum atomic E-state index is 12.8. The molecule has 0 bridgehead atoms. The number of rotatable bonds is 5. The van der Waals surface area contributed by atoms with Crippen molar-refractivity contribution in [1.29, 1.82) is 0 Å². The molecule has 1 aliphatic carbocycles. The normalized spacial score (nSPS) is 22.1. The van der Waals surface area contributed by atoms with Crippen LogP contribution in [0.25, 0.3) is 11.1 Å². The summed E-state index contributed by atoms with van der Waals surface area (Å²) in [7, 11) is -8.78. The third-order valence-corrected chi connectivity index (χ3v) is 8.51. The van der Waals surface area contributed by atoms with E-state index >= 15 is 0 Å². The summed E-state index contributed by atoms with van der Waals surface area (Å²) in [6, 6.07) is 3.51. The number of hydrogen-bond donors (Lipinski definition) is 2. The number of fused-ring (bicyclic) bond motifs is 1. The number of carbonyl (C=O) groups excluding carboxylic acids is 6. The maximum Gasteiger partial charge on any atom is 1.00 e. The summed E-state index contributed by atoms with van der Waals surface area (Å²) in [4.78, 5) is 73.1. The molecule has 38 heavy (non-hydrogen) atoms. The fourth-order valence-electron chi connectivity index (χ4n) is 4.39. The van der Waals surface area contributed by atoms with Crippen LogP contribution in [0.1, 0.15) is 36.8 Å². The first-order chi connectivity index (χ1) is 17.2. The SMILES string of the molecule is O=C1CC(=O)/C(=C2\C/C(=C3\C(=O)CC(=O)NC3=O)c3cc(S(=O)(=O)CCCS(=O)(=O)[O-])ccc32)C(=O)N1.[Li+]. The molecule has 2 heterocycles. The Bertz CT molecular complexity index is 1580. The Morgan fingerprint density at radius 1 is 0.711 bits per heavy atom. The van der Waals surface area contributed by atoms with Gasteiger partial charge in [-0.05, 0) is 40.8 Å². The van der Waals surface area contributed by atoms with Crippen LogP contribution in [0.3, 0.4) is 0 Å². The van der Waals surface area contributed by atoms with Crippen molar-refractivity contribution in [3.8, 4) is 0 Å². The Hall–Kier alpha value is -3.22. The summed E-state index contributed by atoms with van der Waals surface area (Å²) in [5.41, 5.74) is -0.592. The van der Waals surface area contributed by atoms with Gasteiger partial charge in [-0.2, -0.15) is 0 Å². The van der Waals surface area contributed by atoms with Crippen LogP contribution in [0.4, 0.5) is 0 Å². The number of Topliss-reactive ketones (excluding diaryl/α,β-unsaturated/α-hetero) is 2. The van der Waals surface area contributed by atoms with E-state index in [2.05, 4.69) is 0 Å². The van der Waals surface area contributed by atoms with Crippen LogP contribution >= 0.6 is 0 Å². The average molecular weight is 556 g/mol. The van der Waals surface area contributed by atoms with Gasteiger partial charge in [0.1, 0.15) is 0 Å². The predicted octanol–water partition coefficient (Wildman–Crippen LogP) is -4.46. The number of imide groups is 2. The first kappa shape index (κ1) is 29.3. The van der Waals surface area contributed by atoms with Crippen molar-refractivity contribution in [2.75, 3.05) is 11.5 Å². The molecule has 0 saturated carbocycles. The second-order valence-corrected chi connectivity index (χ2v) is 12.1. The Balaban J connectivity index is 0.00000400. The van der Waals surface area contributed by atoms with Crippen LogP contribution in [0.15, 0.2) is 34.2 Å². The molecule has 2 aliphatic heterocycles. The van der Waals surface area contributed by atoms with Gasteiger partial charge in [-0.25, -0.2) is 16.8 Å². The van der Waals surface area contributed by atoms with Crippen molar-refractivity contribution in [2.24, 2.45) is 0 Å². The third kappa shape index (κ3) is 5.76. The van der Waals surface area contributed by atoms with Crippen LogP contribution in [0.2, 0.25) is 0 Å². The average Bonchev–Trinajstić information content (AvgIpc) is 3.09. The van der Waals surface area contributed by atoms with E-state index in [0.717, 1.165) is 12.1 Å². The van der Waals surface area contributed by atoms with Crippen molar-refractivity contribution < 1.29 is 69.0 Å². The Labute approximate surface area is 227 Å². The molecule has 0 radical (unpaired) electrons. The topological polar surface area (TPSA) is 218 Å². The number of allylic oxidation sites excluding steroid dienone is 2. The molecule has 2 saturated heterocycles. The van der Waals surface area contributed by atoms with E-state index in [1.54, 1.807) is 0 Å². The minimum Gasteiger partial charge on any atom is -0.748 e. The molecule has 2 N–H and O–H groups in total. The minimum absolute atomic E-state index is 0. The summed E-state index contributed by atoms with van der Waals surface area (Å²) < 4.78 is 58.1. The van der Waals surface area contributed by atoms with Crippen LogP contribution in [-0.2, 0) is 48.7 Å². The Kier molecular flexibility index (Phi) is 8.11. The van der Waals surface area contributed by atoms with E-state index < -0.39 is 91.5 Å². The third-order valence-electron chi connectivity index (χ3n) is 5.92. The molecule has 0 aromatic heterocycles. The number of carbonyl (C=O) groups is 6. The number of ketones is 2. The van der Waals surface area contributed by atoms with Gasteiger partial charge >= 0.3 is 18.9 Å². The van der Waals surface area contributed by atoms with Crippen molar-refractivity contribution in [1.82, 2.24) is 10.6 Å². The van der Waals surface area contributed by atoms with Gasteiger partial charge in [0.25, 0.3) is 11.8 Å². The number of nitrogens with one attached hydrogen (secondary N) is 2. The Morgan fingerprint density at radius 3 is 1.68 bits per heavy atom. The summed E-state index contributed by atoms with van der Waals surface area (Å²) >= 11 is 0. The van der Waals surface area contributed by atoms with E-state index in [0.29, 0.717) is 0 Å². The van der Waals surface area contributed by atoms with Gasteiger partial charge in [0.05, 0.1) is 44.8 Å². The zero-order valence-electron chi connectivity index (χ0n) is 19.8. The summed E-state index contributed by atoms with van der Waals surface area (Å²) in [6.45, 7) is 0. The monoisotopic (exact) mass is 556 g/mol. The number of piperidine rings is 2. The number of benzene rings is 1. The van der Waals surface area contributed by atoms with Crippen molar-refractivity contribution in [3.63, 3.8) is 0 Å². The molecule has 13 nitrogen and oxygen atoms in total. The summed E-state index contributed by atoms with van der Waals surface area (Å²) in [6.07, 6.45) is -2.06. The van der Waals surface area contributed by atoms with Gasteiger partial charge in [-0.1, -0.05) is 6.07 Å². The van der Waals surface area contributed by atoms with Crippen LogP contribution in [0.5, 0.6) is 0 Å². The maximum absolute atomic E-state index is 12.8. The van der Waals surface area contributed by atoms with Gasteiger partial charge in [0.15, 0.2) is 21.4 Å². The first-order valence-corrected chi connectivity index (χ1v) is 13.9. The van der Waals surface area contributed by atoms with Crippen LogP contribution in [-0.4, -0.2) is 68.1 Å². The molecule has 0 unspecified atom stereocenters. The molecule has 194 valence electrons. The largest absolute Gasteiger partial charge is 1.00 e. The van der Waals surface area contributed by atoms with Gasteiger partial charge in [0.2, 0.25) is 11.8 Å². The van der Waals surface area contributed by atoms with Crippen LogP contribution in [0, 0.1) is 0 Å². The van der Waals surface area contributed by atoms with Crippen molar-refractivity contribution in [3.05, 3.63) is 40.5 Å². The molecule has 1 aromatic rings. The standard InChI is InChI=1S/C22H18N2O11S2.Li/c25-15-8-17(27)23-21(29)19(15)13-7-14(20-16(26)9-18(28)24-22(20)30)12-6-10(2-3-11(12)13)36(31,32)4-1-5-37(33,34)35;/h2-3,6H,1,4-5,7-9H2,(H,23,27,29)(H,24,28,30)(H,33,34,35);/q;+1/p-1/b19-13-,20-14-;. The molecular formula is C22H17LiN2O11S2. The van der Waals surface area contributed by atoms with E-state index in [1.165, 1.54) is 6.07 Å². The molecular weight excluding hydrogens is 539 g/mol. The molecule has 0 atom stereocenters. The molecule has 4 amide bonds. The molecule has 2 fully saturated rings. The summed E-state index contributed by atoms with van der Waals surface area (Å²) in [5.74, 6) is -6.89. The fraction of sp³-hybridized carbons (Fsp3) is 0.273. The number of sulfone groups is 1. The van der Waals surface area contributed by atoms with Gasteiger partial charge in [-0.3, -0.25) is 39.4 Å². The molecule has 0 spiro atoms. The number of amides is 4. The number of hydrogen-bond acceptors (Lipinski definition) is 11. The van der Waals surface area contributed by atoms with Gasteiger partial charge < -0.3 is 4.55 Å². The summed E-state index contributed by atoms with van der Waals surface area (Å²) in [5, 5.41) is 4.03. The smallest absolute Gasteiger partial charge is 0.748 e. The zero-order chi connectivity index (χ0) is 27.3. The molecule has 16 heteroatoms. The molecule has 3 aliphatic rings. The second-order valence-electron chi connectivity index (χ2n) is 8.48.